The van der Waals surface area contributed by atoms with E-state index >= 15 is 0 Å². The number of rotatable bonds is 3. The number of hydrogen-bond acceptors (Lipinski definition) is 7. The smallest absolute Gasteiger partial charge is 0.180 e. The van der Waals surface area contributed by atoms with Gasteiger partial charge >= 0.3 is 0 Å². The molecule has 0 saturated heterocycles. The van der Waals surface area contributed by atoms with Crippen molar-refractivity contribution in [1.82, 2.24) is 19.9 Å². The molecule has 4 heterocycles. The Morgan fingerprint density at radius 3 is 2.48 bits per heavy atom. The van der Waals surface area contributed by atoms with E-state index in [4.69, 9.17) is 4.99 Å². The van der Waals surface area contributed by atoms with Crippen molar-refractivity contribution in [2.24, 2.45) is 15.0 Å². The lowest BCUT2D eigenvalue weighted by atomic mass is 10.1. The molecule has 7 nitrogen and oxygen atoms in total. The van der Waals surface area contributed by atoms with Crippen molar-refractivity contribution >= 4 is 23.6 Å². The largest absolute Gasteiger partial charge is 0.267 e. The predicted molar refractivity (Wildman–Crippen MR) is 96.5 cm³/mol. The highest BCUT2D eigenvalue weighted by atomic mass is 15.0. The molecule has 0 radical (unpaired) electrons. The minimum Gasteiger partial charge on any atom is -0.267 e. The van der Waals surface area contributed by atoms with Crippen LogP contribution in [0, 0.1) is 0 Å². The van der Waals surface area contributed by atoms with E-state index in [2.05, 4.69) is 29.9 Å². The normalized spacial score (nSPS) is 15.2. The van der Waals surface area contributed by atoms with Crippen molar-refractivity contribution in [3.63, 3.8) is 0 Å². The van der Waals surface area contributed by atoms with Crippen LogP contribution < -0.4 is 0 Å². The van der Waals surface area contributed by atoms with E-state index in [1.54, 1.807) is 30.9 Å². The van der Waals surface area contributed by atoms with Crippen LogP contribution in [0.25, 0.3) is 11.3 Å². The maximum absolute atomic E-state index is 4.69. The van der Waals surface area contributed by atoms with Gasteiger partial charge in [0, 0.05) is 30.4 Å². The third-order valence-corrected chi connectivity index (χ3v) is 3.53. The number of pyridine rings is 2. The van der Waals surface area contributed by atoms with E-state index in [1.807, 2.05) is 30.3 Å². The Morgan fingerprint density at radius 2 is 1.64 bits per heavy atom. The van der Waals surface area contributed by atoms with Crippen LogP contribution in [-0.4, -0.2) is 44.2 Å². The zero-order chi connectivity index (χ0) is 16.9. The highest BCUT2D eigenvalue weighted by molar-refractivity contribution is 6.50. The van der Waals surface area contributed by atoms with Gasteiger partial charge in [-0.15, -0.1) is 0 Å². The van der Waals surface area contributed by atoms with Gasteiger partial charge in [-0.25, -0.2) is 24.9 Å². The molecule has 25 heavy (non-hydrogen) atoms. The van der Waals surface area contributed by atoms with E-state index in [9.17, 15) is 0 Å². The predicted octanol–water partition coefficient (Wildman–Crippen LogP) is 2.54. The molecule has 0 bridgehead atoms. The van der Waals surface area contributed by atoms with E-state index in [0.29, 0.717) is 29.6 Å². The van der Waals surface area contributed by atoms with Crippen LogP contribution in [0.5, 0.6) is 0 Å². The summed E-state index contributed by atoms with van der Waals surface area (Å²) in [6.07, 6.45) is 8.30. The lowest BCUT2D eigenvalue weighted by Crippen LogP contribution is -2.24. The van der Waals surface area contributed by atoms with Gasteiger partial charge in [0.25, 0.3) is 0 Å². The first-order valence-corrected chi connectivity index (χ1v) is 7.69. The second-order valence-electron chi connectivity index (χ2n) is 5.15. The quantitative estimate of drug-likeness (QED) is 0.739. The molecule has 0 amide bonds. The second-order valence-corrected chi connectivity index (χ2v) is 5.15. The summed E-state index contributed by atoms with van der Waals surface area (Å²) in [5.74, 6) is 1.08. The van der Waals surface area contributed by atoms with Crippen LogP contribution >= 0.6 is 0 Å². The molecule has 3 aromatic rings. The van der Waals surface area contributed by atoms with E-state index in [-0.39, 0.29) is 0 Å². The van der Waals surface area contributed by atoms with Gasteiger partial charge < -0.3 is 0 Å². The molecular weight excluding hydrogens is 314 g/mol. The van der Waals surface area contributed by atoms with E-state index < -0.39 is 0 Å². The molecular formula is C18H13N7. The lowest BCUT2D eigenvalue weighted by molar-refractivity contribution is 1.13. The monoisotopic (exact) mass is 327 g/mol. The number of aliphatic imine (C=N–C) groups is 3. The fourth-order valence-electron chi connectivity index (χ4n) is 2.41. The van der Waals surface area contributed by atoms with Crippen molar-refractivity contribution < 1.29 is 0 Å². The minimum atomic E-state index is 0.398. The lowest BCUT2D eigenvalue weighted by Gasteiger charge is -2.10. The summed E-state index contributed by atoms with van der Waals surface area (Å²) in [6.45, 7) is 0.398. The Morgan fingerprint density at radius 1 is 0.800 bits per heavy atom. The average molecular weight is 327 g/mol. The van der Waals surface area contributed by atoms with Gasteiger partial charge in [0.15, 0.2) is 11.6 Å². The highest BCUT2D eigenvalue weighted by Gasteiger charge is 2.18. The Bertz CT molecular complexity index is 963. The SMILES string of the molecule is C1=NCC(=Nc2ncccc2-c2ccccn2)C(c2ncccn2)=N1. The zero-order valence-electron chi connectivity index (χ0n) is 13.2. The molecule has 0 spiro atoms. The molecule has 0 fully saturated rings. The first kappa shape index (κ1) is 14.9. The summed E-state index contributed by atoms with van der Waals surface area (Å²) in [5, 5.41) is 0. The Labute approximate surface area is 144 Å². The van der Waals surface area contributed by atoms with Crippen molar-refractivity contribution in [2.75, 3.05) is 6.54 Å². The maximum Gasteiger partial charge on any atom is 0.180 e. The molecule has 3 aromatic heterocycles. The summed E-state index contributed by atoms with van der Waals surface area (Å²) < 4.78 is 0. The first-order chi connectivity index (χ1) is 12.4. The zero-order valence-corrected chi connectivity index (χ0v) is 13.2. The summed E-state index contributed by atoms with van der Waals surface area (Å²) in [5.41, 5.74) is 2.93. The van der Waals surface area contributed by atoms with E-state index in [0.717, 1.165) is 11.3 Å². The standard InChI is InChI=1S/C18H13N7/c1-2-7-20-14(6-1)13-5-3-8-21-17(13)25-15-11-19-12-24-16(15)18-22-9-4-10-23-18/h1-10,12H,11H2. The molecule has 0 N–H and O–H groups in total. The van der Waals surface area contributed by atoms with Crippen molar-refractivity contribution in [2.45, 2.75) is 0 Å². The van der Waals surface area contributed by atoms with Crippen LogP contribution in [0.1, 0.15) is 5.82 Å². The van der Waals surface area contributed by atoms with Crippen LogP contribution in [0.4, 0.5) is 5.82 Å². The summed E-state index contributed by atoms with van der Waals surface area (Å²) >= 11 is 0. The van der Waals surface area contributed by atoms with Crippen molar-refractivity contribution in [1.29, 1.82) is 0 Å². The van der Waals surface area contributed by atoms with Gasteiger partial charge in [-0.3, -0.25) is 9.98 Å². The number of hydrogen-bond donors (Lipinski definition) is 0. The second kappa shape index (κ2) is 6.88. The molecule has 120 valence electrons. The first-order valence-electron chi connectivity index (χ1n) is 7.69. The van der Waals surface area contributed by atoms with Gasteiger partial charge in [0.2, 0.25) is 0 Å². The molecule has 0 atom stereocenters. The summed E-state index contributed by atoms with van der Waals surface area (Å²) in [7, 11) is 0. The third-order valence-electron chi connectivity index (χ3n) is 3.53. The van der Waals surface area contributed by atoms with E-state index in [1.165, 1.54) is 6.34 Å². The fraction of sp³-hybridized carbons (Fsp3) is 0.0556. The van der Waals surface area contributed by atoms with Gasteiger partial charge in [-0.05, 0) is 30.3 Å². The summed E-state index contributed by atoms with van der Waals surface area (Å²) in [4.78, 5) is 30.5. The molecule has 0 saturated carbocycles. The molecule has 0 aromatic carbocycles. The van der Waals surface area contributed by atoms with Crippen LogP contribution in [-0.2, 0) is 0 Å². The third kappa shape index (κ3) is 3.20. The molecule has 1 aliphatic heterocycles. The highest BCUT2D eigenvalue weighted by Crippen LogP contribution is 2.26. The Kier molecular flexibility index (Phi) is 4.11. The van der Waals surface area contributed by atoms with Crippen LogP contribution in [0.15, 0.2) is 76.2 Å². The molecule has 1 aliphatic rings. The van der Waals surface area contributed by atoms with Crippen LogP contribution in [0.2, 0.25) is 0 Å². The Hall–Kier alpha value is -3.61. The topological polar surface area (TPSA) is 88.6 Å². The number of aromatic nitrogens is 4. The number of nitrogens with zero attached hydrogens (tertiary/aromatic N) is 7. The molecule has 7 heteroatoms. The van der Waals surface area contributed by atoms with Gasteiger partial charge in [-0.1, -0.05) is 6.07 Å². The van der Waals surface area contributed by atoms with Gasteiger partial charge in [-0.2, -0.15) is 0 Å². The molecule has 0 aliphatic carbocycles. The Balaban J connectivity index is 1.79. The fourth-order valence-corrected chi connectivity index (χ4v) is 2.41. The van der Waals surface area contributed by atoms with Crippen molar-refractivity contribution in [3.8, 4) is 11.3 Å². The minimum absolute atomic E-state index is 0.398. The van der Waals surface area contributed by atoms with Crippen molar-refractivity contribution in [3.05, 3.63) is 67.0 Å². The summed E-state index contributed by atoms with van der Waals surface area (Å²) in [6, 6.07) is 11.3. The molecule has 4 rings (SSSR count). The van der Waals surface area contributed by atoms with Gasteiger partial charge in [0.05, 0.1) is 18.0 Å². The van der Waals surface area contributed by atoms with Crippen LogP contribution in [0.3, 0.4) is 0 Å². The van der Waals surface area contributed by atoms with Gasteiger partial charge in [0.1, 0.15) is 12.1 Å². The average Bonchev–Trinajstić information content (AvgIpc) is 2.70. The molecule has 0 unspecified atom stereocenters. The maximum atomic E-state index is 4.69.